The Labute approximate surface area is 31.7 Å². The molecule has 0 fully saturated rings. The predicted octanol–water partition coefficient (Wildman–Crippen LogP) is -0.00670. The number of amidine groups is 1. The van der Waals surface area contributed by atoms with Crippen LogP contribution < -0.4 is 5.73 Å². The van der Waals surface area contributed by atoms with Gasteiger partial charge in [0, 0.05) is 7.05 Å². The quantitative estimate of drug-likeness (QED) is 0.317. The second-order valence-electron chi connectivity index (χ2n) is 0.865. The van der Waals surface area contributed by atoms with Gasteiger partial charge >= 0.3 is 0 Å². The summed E-state index contributed by atoms with van der Waals surface area (Å²) in [5.41, 5.74) is 5.04. The highest BCUT2D eigenvalue weighted by Crippen LogP contribution is 1.52. The summed E-state index contributed by atoms with van der Waals surface area (Å²) in [5.74, 6) is 0.630. The van der Waals surface area contributed by atoms with E-state index >= 15 is 0 Å². The molecular formula is C3H8N2. The van der Waals surface area contributed by atoms with Gasteiger partial charge in [-0.2, -0.15) is 0 Å². The fourth-order valence-electron chi connectivity index (χ4n) is 0. The molecule has 2 heteroatoms. The van der Waals surface area contributed by atoms with Gasteiger partial charge in [0.2, 0.25) is 0 Å². The third kappa shape index (κ3) is 3.47. The summed E-state index contributed by atoms with van der Waals surface area (Å²) in [6, 6.07) is 0. The molecule has 0 aromatic rings. The number of nitrogens with two attached hydrogens (primary N) is 1. The molecular weight excluding hydrogens is 64.0 g/mol. The van der Waals surface area contributed by atoms with Gasteiger partial charge in [-0.15, -0.1) is 0 Å². The lowest BCUT2D eigenvalue weighted by Gasteiger charge is -1.76. The number of hydrogen-bond acceptors (Lipinski definition) is 1. The van der Waals surface area contributed by atoms with Crippen LogP contribution in [0.3, 0.4) is 0 Å². The number of nitrogens with zero attached hydrogens (tertiary/aromatic N) is 1. The molecule has 0 bridgehead atoms. The van der Waals surface area contributed by atoms with Gasteiger partial charge in [0.25, 0.3) is 0 Å². The predicted molar refractivity (Wildman–Crippen MR) is 23.2 cm³/mol. The van der Waals surface area contributed by atoms with Crippen LogP contribution in [0.1, 0.15) is 6.92 Å². The summed E-state index contributed by atoms with van der Waals surface area (Å²) >= 11 is 0. The molecule has 0 radical (unpaired) electrons. The average Bonchev–Trinajstić information content (AvgIpc) is 1.38. The molecule has 2 N–H and O–H groups in total. The first-order chi connectivity index (χ1) is 2.27. The van der Waals surface area contributed by atoms with E-state index < -0.39 is 0 Å². The highest BCUT2D eigenvalue weighted by atomic mass is 14.8. The molecule has 0 aliphatic rings. The van der Waals surface area contributed by atoms with E-state index in [4.69, 9.17) is 5.73 Å². The Bertz CT molecular complexity index is 42.9. The van der Waals surface area contributed by atoms with Crippen molar-refractivity contribution in [3.8, 4) is 0 Å². The number of aliphatic imine (C=N–C) groups is 1. The Kier molecular flexibility index (Phi) is 1.57. The molecule has 2 nitrogen and oxygen atoms in total. The molecule has 0 aromatic carbocycles. The normalized spacial score (nSPS) is 12.0. The molecule has 0 aromatic heterocycles. The molecule has 0 amide bonds. The molecule has 5 heavy (non-hydrogen) atoms. The minimum absolute atomic E-state index is 0.630. The Morgan fingerprint density at radius 2 is 2.00 bits per heavy atom. The second kappa shape index (κ2) is 1.76. The van der Waals surface area contributed by atoms with Crippen LogP contribution in [0.15, 0.2) is 4.99 Å². The second-order valence-corrected chi connectivity index (χ2v) is 0.865. The van der Waals surface area contributed by atoms with Gasteiger partial charge in [0.1, 0.15) is 0 Å². The van der Waals surface area contributed by atoms with Crippen molar-refractivity contribution in [1.29, 1.82) is 0 Å². The van der Waals surface area contributed by atoms with Crippen LogP contribution in [0, 0.1) is 0 Å². The van der Waals surface area contributed by atoms with Crippen molar-refractivity contribution in [2.75, 3.05) is 7.05 Å². The maximum Gasteiger partial charge on any atom is 0.0902 e. The fraction of sp³-hybridized carbons (Fsp3) is 0.667. The topological polar surface area (TPSA) is 38.4 Å². The first kappa shape index (κ1) is 4.47. The van der Waals surface area contributed by atoms with Crippen molar-refractivity contribution < 1.29 is 0 Å². The van der Waals surface area contributed by atoms with Crippen LogP contribution in [0.5, 0.6) is 0 Å². The number of hydrogen-bond donors (Lipinski definition) is 1. The molecule has 0 spiro atoms. The minimum Gasteiger partial charge on any atom is -0.388 e. The monoisotopic (exact) mass is 72.1 g/mol. The molecule has 0 saturated carbocycles. The zero-order valence-corrected chi connectivity index (χ0v) is 3.52. The van der Waals surface area contributed by atoms with E-state index in [-0.39, 0.29) is 0 Å². The van der Waals surface area contributed by atoms with Gasteiger partial charge in [0.05, 0.1) is 5.84 Å². The molecule has 0 heterocycles. The maximum absolute atomic E-state index is 5.04. The van der Waals surface area contributed by atoms with Crippen molar-refractivity contribution >= 4 is 5.84 Å². The molecule has 0 aliphatic heterocycles. The Morgan fingerprint density at radius 3 is 2.00 bits per heavy atom. The smallest absolute Gasteiger partial charge is 0.0902 e. The Balaban J connectivity index is 3.14. The zero-order chi connectivity index (χ0) is 4.28. The number of rotatable bonds is 0. The fourth-order valence-corrected chi connectivity index (χ4v) is 0. The van der Waals surface area contributed by atoms with E-state index in [1.54, 1.807) is 14.0 Å². The third-order valence-electron chi connectivity index (χ3n) is 0.353. The van der Waals surface area contributed by atoms with Crippen molar-refractivity contribution in [2.24, 2.45) is 10.7 Å². The standard InChI is InChI=1S/C3H8N2/c1-3(4)5-2/h1-2H3,(H2,4,5). The SMILES string of the molecule is CN=C(C)N. The van der Waals surface area contributed by atoms with Crippen LogP contribution in [0.2, 0.25) is 0 Å². The van der Waals surface area contributed by atoms with E-state index in [1.165, 1.54) is 0 Å². The van der Waals surface area contributed by atoms with Gasteiger partial charge in [-0.25, -0.2) is 0 Å². The third-order valence-corrected chi connectivity index (χ3v) is 0.353. The van der Waals surface area contributed by atoms with Crippen LogP contribution in [0.25, 0.3) is 0 Å². The van der Waals surface area contributed by atoms with E-state index in [0.29, 0.717) is 5.84 Å². The molecule has 0 saturated heterocycles. The van der Waals surface area contributed by atoms with Gasteiger partial charge in [0.15, 0.2) is 0 Å². The van der Waals surface area contributed by atoms with Crippen molar-refractivity contribution in [3.05, 3.63) is 0 Å². The van der Waals surface area contributed by atoms with Crippen molar-refractivity contribution in [3.63, 3.8) is 0 Å². The molecule has 0 atom stereocenters. The van der Waals surface area contributed by atoms with Gasteiger partial charge in [-0.3, -0.25) is 4.99 Å². The molecule has 0 aliphatic carbocycles. The summed E-state index contributed by atoms with van der Waals surface area (Å²) in [6.45, 7) is 1.75. The van der Waals surface area contributed by atoms with E-state index in [1.807, 2.05) is 0 Å². The summed E-state index contributed by atoms with van der Waals surface area (Å²) < 4.78 is 0. The summed E-state index contributed by atoms with van der Waals surface area (Å²) in [4.78, 5) is 3.58. The largest absolute Gasteiger partial charge is 0.388 e. The van der Waals surface area contributed by atoms with Gasteiger partial charge < -0.3 is 5.73 Å². The van der Waals surface area contributed by atoms with Gasteiger partial charge in [-0.1, -0.05) is 0 Å². The lowest BCUT2D eigenvalue weighted by Crippen LogP contribution is -2.03. The summed E-state index contributed by atoms with van der Waals surface area (Å²) in [5, 5.41) is 0. The van der Waals surface area contributed by atoms with Crippen LogP contribution >= 0.6 is 0 Å². The van der Waals surface area contributed by atoms with Crippen molar-refractivity contribution in [2.45, 2.75) is 6.92 Å². The lowest BCUT2D eigenvalue weighted by molar-refractivity contribution is 1.38. The Hall–Kier alpha value is -0.530. The lowest BCUT2D eigenvalue weighted by atomic mass is 10.7. The van der Waals surface area contributed by atoms with Crippen LogP contribution in [0.4, 0.5) is 0 Å². The highest BCUT2D eigenvalue weighted by Gasteiger charge is 1.61. The van der Waals surface area contributed by atoms with Crippen LogP contribution in [-0.4, -0.2) is 12.9 Å². The molecule has 30 valence electrons. The molecule has 0 rings (SSSR count). The zero-order valence-electron chi connectivity index (χ0n) is 3.52. The highest BCUT2D eigenvalue weighted by molar-refractivity contribution is 5.77. The molecule has 0 unspecified atom stereocenters. The van der Waals surface area contributed by atoms with Crippen molar-refractivity contribution in [1.82, 2.24) is 0 Å². The van der Waals surface area contributed by atoms with E-state index in [9.17, 15) is 0 Å². The minimum atomic E-state index is 0.630. The van der Waals surface area contributed by atoms with Crippen LogP contribution in [-0.2, 0) is 0 Å². The maximum atomic E-state index is 5.04. The van der Waals surface area contributed by atoms with Gasteiger partial charge in [-0.05, 0) is 6.92 Å². The first-order valence-electron chi connectivity index (χ1n) is 1.46. The average molecular weight is 72.1 g/mol. The Morgan fingerprint density at radius 1 is 1.80 bits per heavy atom. The van der Waals surface area contributed by atoms with E-state index in [0.717, 1.165) is 0 Å². The summed E-state index contributed by atoms with van der Waals surface area (Å²) in [7, 11) is 1.66. The summed E-state index contributed by atoms with van der Waals surface area (Å²) in [6.07, 6.45) is 0. The first-order valence-corrected chi connectivity index (χ1v) is 1.46. The van der Waals surface area contributed by atoms with E-state index in [2.05, 4.69) is 4.99 Å².